The van der Waals surface area contributed by atoms with Gasteiger partial charge >= 0.3 is 0 Å². The van der Waals surface area contributed by atoms with Gasteiger partial charge in [0, 0.05) is 17.7 Å². The summed E-state index contributed by atoms with van der Waals surface area (Å²) in [4.78, 5) is 16.1. The third-order valence-corrected chi connectivity index (χ3v) is 7.02. The van der Waals surface area contributed by atoms with Gasteiger partial charge in [-0.15, -0.1) is 0 Å². The number of nitrogens with zero attached hydrogens (tertiary/aromatic N) is 1. The van der Waals surface area contributed by atoms with Crippen molar-refractivity contribution in [1.29, 1.82) is 0 Å². The number of ether oxygens (including phenoxy) is 3. The quantitative estimate of drug-likeness (QED) is 0.128. The van der Waals surface area contributed by atoms with Gasteiger partial charge in [0.1, 0.15) is 41.4 Å². The molecule has 0 bridgehead atoms. The normalized spacial score (nSPS) is 11.0. The number of allylic oxidation sites excluding steroid dienone is 2. The summed E-state index contributed by atoms with van der Waals surface area (Å²) in [7, 11) is 0. The third-order valence-electron chi connectivity index (χ3n) is 7.02. The number of unbranched alkanes of at least 4 members (excludes halogenated alkanes) is 3. The van der Waals surface area contributed by atoms with Crippen LogP contribution in [-0.2, 0) is 0 Å². The summed E-state index contributed by atoms with van der Waals surface area (Å²) in [5.74, 6) is 1.32. The molecule has 7 heteroatoms. The Bertz CT molecular complexity index is 1390. The van der Waals surface area contributed by atoms with Crippen molar-refractivity contribution in [3.63, 3.8) is 0 Å². The lowest BCUT2D eigenvalue weighted by atomic mass is 10.1. The molecule has 1 aromatic heterocycles. The van der Waals surface area contributed by atoms with E-state index in [2.05, 4.69) is 18.7 Å². The Kier molecular flexibility index (Phi) is 13.0. The molecule has 0 spiro atoms. The second-order valence-corrected chi connectivity index (χ2v) is 10.9. The van der Waals surface area contributed by atoms with Gasteiger partial charge < -0.3 is 28.6 Å². The number of fused-ring (bicyclic) bond motifs is 1. The maximum Gasteiger partial charge on any atom is 0.239 e. The molecule has 228 valence electrons. The first-order valence-electron chi connectivity index (χ1n) is 15.0. The first-order valence-corrected chi connectivity index (χ1v) is 15.0. The number of phenols is 1. The molecular formula is C35H47NO6. The maximum atomic E-state index is 13.7. The molecule has 0 aliphatic carbocycles. The third kappa shape index (κ3) is 9.69. The Labute approximate surface area is 250 Å². The smallest absolute Gasteiger partial charge is 0.239 e. The van der Waals surface area contributed by atoms with Gasteiger partial charge in [-0.25, -0.2) is 0 Å². The molecule has 0 unspecified atom stereocenters. The minimum Gasteiger partial charge on any atom is -0.507 e. The predicted molar refractivity (Wildman–Crippen MR) is 171 cm³/mol. The molecule has 7 nitrogen and oxygen atoms in total. The van der Waals surface area contributed by atoms with Crippen LogP contribution in [0.1, 0.15) is 67.2 Å². The highest BCUT2D eigenvalue weighted by atomic mass is 16.5. The summed E-state index contributed by atoms with van der Waals surface area (Å²) < 4.78 is 23.9. The van der Waals surface area contributed by atoms with Crippen LogP contribution in [0.3, 0.4) is 0 Å². The number of rotatable bonds is 17. The minimum absolute atomic E-state index is 0.0733. The molecule has 0 radical (unpaired) electrons. The largest absolute Gasteiger partial charge is 0.507 e. The highest BCUT2D eigenvalue weighted by molar-refractivity contribution is 5.88. The molecule has 3 aromatic rings. The Morgan fingerprint density at radius 3 is 2.07 bits per heavy atom. The zero-order chi connectivity index (χ0) is 30.5. The van der Waals surface area contributed by atoms with Crippen LogP contribution in [0.15, 0.2) is 68.9 Å². The van der Waals surface area contributed by atoms with Crippen molar-refractivity contribution in [2.75, 3.05) is 39.5 Å². The lowest BCUT2D eigenvalue weighted by Crippen LogP contribution is -2.23. The topological polar surface area (TPSA) is 81.4 Å². The van der Waals surface area contributed by atoms with E-state index in [9.17, 15) is 9.90 Å². The molecule has 3 rings (SSSR count). The van der Waals surface area contributed by atoms with Crippen molar-refractivity contribution in [2.45, 2.75) is 67.2 Å². The standard InChI is InChI=1S/C35H47NO6/c1-7-36(8-2)19-11-9-10-12-20-41-35-33(38)32-30(37)23-29(40-22-18-26(5)6)24-31(32)42-34(35)27-13-15-28(16-14-27)39-21-17-25(3)4/h13-18,23-24,37H,7-12,19-22H2,1-6H3. The van der Waals surface area contributed by atoms with Gasteiger partial charge in [-0.1, -0.05) is 37.8 Å². The van der Waals surface area contributed by atoms with Gasteiger partial charge in [-0.2, -0.15) is 0 Å². The predicted octanol–water partition coefficient (Wildman–Crippen LogP) is 8.14. The van der Waals surface area contributed by atoms with Gasteiger partial charge in [0.25, 0.3) is 0 Å². The minimum atomic E-state index is -0.412. The van der Waals surface area contributed by atoms with Crippen LogP contribution in [-0.4, -0.2) is 49.5 Å². The van der Waals surface area contributed by atoms with Crippen molar-refractivity contribution in [3.8, 4) is 34.3 Å². The second kappa shape index (κ2) is 16.7. The van der Waals surface area contributed by atoms with Crippen molar-refractivity contribution in [1.82, 2.24) is 4.90 Å². The molecule has 0 aliphatic rings. The van der Waals surface area contributed by atoms with Crippen molar-refractivity contribution >= 4 is 11.0 Å². The fourth-order valence-corrected chi connectivity index (χ4v) is 4.48. The zero-order valence-electron chi connectivity index (χ0n) is 26.1. The molecular weight excluding hydrogens is 530 g/mol. The monoisotopic (exact) mass is 577 g/mol. The van der Waals surface area contributed by atoms with E-state index in [0.29, 0.717) is 42.6 Å². The van der Waals surface area contributed by atoms with Gasteiger partial charge in [0.05, 0.1) is 6.61 Å². The van der Waals surface area contributed by atoms with Crippen LogP contribution in [0.25, 0.3) is 22.3 Å². The van der Waals surface area contributed by atoms with E-state index in [4.69, 9.17) is 18.6 Å². The Morgan fingerprint density at radius 2 is 1.45 bits per heavy atom. The average Bonchev–Trinajstić information content (AvgIpc) is 2.95. The average molecular weight is 578 g/mol. The molecule has 0 aliphatic heterocycles. The van der Waals surface area contributed by atoms with Crippen LogP contribution in [0, 0.1) is 0 Å². The zero-order valence-corrected chi connectivity index (χ0v) is 26.1. The van der Waals surface area contributed by atoms with E-state index in [-0.39, 0.29) is 22.5 Å². The second-order valence-electron chi connectivity index (χ2n) is 10.9. The number of hydrogen-bond acceptors (Lipinski definition) is 7. The first-order chi connectivity index (χ1) is 20.2. The van der Waals surface area contributed by atoms with Crippen molar-refractivity contribution < 1.29 is 23.7 Å². The van der Waals surface area contributed by atoms with Gasteiger partial charge in [0.2, 0.25) is 11.2 Å². The number of benzene rings is 2. The summed E-state index contributed by atoms with van der Waals surface area (Å²) >= 11 is 0. The molecule has 0 amide bonds. The van der Waals surface area contributed by atoms with E-state index in [1.54, 1.807) is 6.07 Å². The molecule has 0 saturated heterocycles. The Hall–Kier alpha value is -3.71. The van der Waals surface area contributed by atoms with Crippen LogP contribution in [0.2, 0.25) is 0 Å². The lowest BCUT2D eigenvalue weighted by Gasteiger charge is -2.17. The Balaban J connectivity index is 1.87. The highest BCUT2D eigenvalue weighted by Gasteiger charge is 2.21. The molecule has 42 heavy (non-hydrogen) atoms. The molecule has 0 atom stereocenters. The number of phenolic OH excluding ortho intramolecular Hbond substituents is 1. The summed E-state index contributed by atoms with van der Waals surface area (Å²) in [6.07, 6.45) is 8.00. The van der Waals surface area contributed by atoms with Gasteiger partial charge in [-0.3, -0.25) is 4.79 Å². The van der Waals surface area contributed by atoms with Crippen molar-refractivity contribution in [2.24, 2.45) is 0 Å². The molecule has 0 fully saturated rings. The summed E-state index contributed by atoms with van der Waals surface area (Å²) in [5.41, 5.74) is 2.79. The summed E-state index contributed by atoms with van der Waals surface area (Å²) in [5, 5.41) is 10.9. The van der Waals surface area contributed by atoms with Crippen LogP contribution >= 0.6 is 0 Å². The molecule has 2 aromatic carbocycles. The number of hydrogen-bond donors (Lipinski definition) is 1. The fourth-order valence-electron chi connectivity index (χ4n) is 4.48. The summed E-state index contributed by atoms with van der Waals surface area (Å²) in [6, 6.07) is 10.4. The van der Waals surface area contributed by atoms with E-state index in [1.807, 2.05) is 64.1 Å². The molecule has 0 saturated carbocycles. The van der Waals surface area contributed by atoms with Crippen LogP contribution in [0.5, 0.6) is 23.0 Å². The van der Waals surface area contributed by atoms with E-state index in [1.165, 1.54) is 11.6 Å². The van der Waals surface area contributed by atoms with Gasteiger partial charge in [-0.05, 0) is 96.6 Å². The van der Waals surface area contributed by atoms with Crippen LogP contribution < -0.4 is 19.6 Å². The Morgan fingerprint density at radius 1 is 0.833 bits per heavy atom. The molecule has 1 N–H and O–H groups in total. The SMILES string of the molecule is CCN(CC)CCCCCCOc1c(-c2ccc(OCC=C(C)C)cc2)oc2cc(OCC=C(C)C)cc(O)c2c1=O. The molecule has 1 heterocycles. The maximum absolute atomic E-state index is 13.7. The first kappa shape index (κ1) is 32.8. The number of aromatic hydroxyl groups is 1. The van der Waals surface area contributed by atoms with Gasteiger partial charge in [0.15, 0.2) is 5.76 Å². The van der Waals surface area contributed by atoms with E-state index < -0.39 is 5.43 Å². The summed E-state index contributed by atoms with van der Waals surface area (Å²) in [6.45, 7) is 16.8. The van der Waals surface area contributed by atoms with E-state index in [0.717, 1.165) is 50.9 Å². The van der Waals surface area contributed by atoms with Crippen molar-refractivity contribution in [3.05, 3.63) is 69.9 Å². The van der Waals surface area contributed by atoms with Crippen LogP contribution in [0.4, 0.5) is 0 Å². The fraction of sp³-hybridized carbons (Fsp3) is 0.457. The van der Waals surface area contributed by atoms with E-state index >= 15 is 0 Å². The lowest BCUT2D eigenvalue weighted by molar-refractivity contribution is 0.281. The highest BCUT2D eigenvalue weighted by Crippen LogP contribution is 2.36.